The molecule has 2 nitrogen and oxygen atoms in total. The molecule has 0 amide bonds. The number of aryl methyl sites for hydroxylation is 5. The fraction of sp³-hybridized carbons (Fsp3) is 0.276. The van der Waals surface area contributed by atoms with Crippen molar-refractivity contribution in [3.05, 3.63) is 64.8 Å². The van der Waals surface area contributed by atoms with Crippen molar-refractivity contribution in [2.45, 2.75) is 47.3 Å². The van der Waals surface area contributed by atoms with Crippen LogP contribution in [0.4, 0.5) is 0 Å². The van der Waals surface area contributed by atoms with E-state index in [0.29, 0.717) is 0 Å². The number of fused-ring (bicyclic) bond motifs is 5. The van der Waals surface area contributed by atoms with Gasteiger partial charge in [0.2, 0.25) is 5.52 Å². The van der Waals surface area contributed by atoms with Crippen LogP contribution in [0.15, 0.2) is 42.6 Å². The summed E-state index contributed by atoms with van der Waals surface area (Å²) in [6, 6.07) is 14.3. The number of benzene rings is 3. The zero-order valence-electron chi connectivity index (χ0n) is 20.4. The van der Waals surface area contributed by atoms with Gasteiger partial charge in [-0.3, -0.25) is 0 Å². The maximum Gasteiger partial charge on any atom is 0.224 e. The van der Waals surface area contributed by atoms with Crippen molar-refractivity contribution < 1.29 is 4.57 Å². The van der Waals surface area contributed by atoms with Crippen LogP contribution >= 0.6 is 0 Å². The van der Waals surface area contributed by atoms with Crippen molar-refractivity contribution in [3.8, 4) is 0 Å². The number of rotatable bonds is 1. The molecule has 0 bridgehead atoms. The van der Waals surface area contributed by atoms with Crippen LogP contribution in [0.2, 0.25) is 19.6 Å². The second kappa shape index (κ2) is 6.11. The molecule has 3 aromatic heterocycles. The second-order valence-electron chi connectivity index (χ2n) is 10.8. The Morgan fingerprint density at radius 1 is 0.750 bits per heavy atom. The molecule has 6 rings (SSSR count). The molecule has 3 heteroatoms. The van der Waals surface area contributed by atoms with Crippen LogP contribution < -0.4 is 9.75 Å². The van der Waals surface area contributed by atoms with Crippen LogP contribution in [0.5, 0.6) is 0 Å². The Labute approximate surface area is 190 Å². The smallest absolute Gasteiger partial charge is 0.224 e. The fourth-order valence-electron chi connectivity index (χ4n) is 5.71. The Morgan fingerprint density at radius 2 is 1.47 bits per heavy atom. The van der Waals surface area contributed by atoms with Crippen molar-refractivity contribution in [2.24, 2.45) is 7.05 Å². The largest absolute Gasteiger partial charge is 0.307 e. The molecule has 0 saturated carbocycles. The van der Waals surface area contributed by atoms with Crippen molar-refractivity contribution in [3.63, 3.8) is 0 Å². The molecule has 0 aliphatic rings. The quantitative estimate of drug-likeness (QED) is 0.119. The molecule has 0 atom stereocenters. The normalized spacial score (nSPS) is 13.0. The van der Waals surface area contributed by atoms with E-state index in [0.717, 1.165) is 0 Å². The van der Waals surface area contributed by atoms with E-state index in [1.54, 1.807) is 0 Å². The summed E-state index contributed by atoms with van der Waals surface area (Å²) in [6.07, 6.45) is 2.25. The Hall–Kier alpha value is -2.91. The fourth-order valence-corrected chi connectivity index (χ4v) is 6.86. The molecule has 6 aromatic rings. The Morgan fingerprint density at radius 3 is 2.19 bits per heavy atom. The van der Waals surface area contributed by atoms with Gasteiger partial charge in [0.25, 0.3) is 0 Å². The van der Waals surface area contributed by atoms with E-state index in [9.17, 15) is 0 Å². The van der Waals surface area contributed by atoms with E-state index in [1.807, 2.05) is 0 Å². The van der Waals surface area contributed by atoms with Crippen molar-refractivity contribution >= 4 is 62.3 Å². The van der Waals surface area contributed by atoms with E-state index in [-0.39, 0.29) is 0 Å². The van der Waals surface area contributed by atoms with Crippen LogP contribution in [0.1, 0.15) is 22.3 Å². The first-order chi connectivity index (χ1) is 15.1. The molecule has 0 spiro atoms. The zero-order chi connectivity index (χ0) is 22.7. The van der Waals surface area contributed by atoms with Crippen LogP contribution in [-0.4, -0.2) is 12.5 Å². The summed E-state index contributed by atoms with van der Waals surface area (Å²) < 4.78 is 4.92. The molecule has 3 heterocycles. The minimum Gasteiger partial charge on any atom is -0.307 e. The molecule has 0 fully saturated rings. The summed E-state index contributed by atoms with van der Waals surface area (Å²) in [6.45, 7) is 16.4. The maximum absolute atomic E-state index is 2.58. The van der Waals surface area contributed by atoms with Gasteiger partial charge in [-0.2, -0.15) is 0 Å². The van der Waals surface area contributed by atoms with Crippen molar-refractivity contribution in [1.29, 1.82) is 0 Å². The van der Waals surface area contributed by atoms with E-state index < -0.39 is 8.07 Å². The highest BCUT2D eigenvalue weighted by molar-refractivity contribution is 6.89. The lowest BCUT2D eigenvalue weighted by molar-refractivity contribution is -0.643. The highest BCUT2D eigenvalue weighted by Crippen LogP contribution is 2.42. The highest BCUT2D eigenvalue weighted by Gasteiger charge is 2.27. The molecule has 0 aliphatic heterocycles. The summed E-state index contributed by atoms with van der Waals surface area (Å²) in [5.41, 5.74) is 10.9. The average molecular weight is 436 g/mol. The summed E-state index contributed by atoms with van der Waals surface area (Å²) in [5, 5.41) is 8.46. The van der Waals surface area contributed by atoms with Gasteiger partial charge in [-0.25, -0.2) is 4.57 Å². The third kappa shape index (κ3) is 2.32. The molecule has 0 N–H and O–H groups in total. The topological polar surface area (TPSA) is 8.29 Å². The van der Waals surface area contributed by atoms with Crippen molar-refractivity contribution in [1.82, 2.24) is 4.40 Å². The monoisotopic (exact) mass is 435 g/mol. The summed E-state index contributed by atoms with van der Waals surface area (Å²) in [7, 11) is 0.714. The predicted molar refractivity (Wildman–Crippen MR) is 142 cm³/mol. The van der Waals surface area contributed by atoms with Crippen LogP contribution in [0.3, 0.4) is 0 Å². The Bertz CT molecular complexity index is 1750. The first-order valence-electron chi connectivity index (χ1n) is 11.6. The van der Waals surface area contributed by atoms with Crippen LogP contribution in [-0.2, 0) is 7.05 Å². The van der Waals surface area contributed by atoms with E-state index in [1.165, 1.54) is 76.4 Å². The van der Waals surface area contributed by atoms with Gasteiger partial charge in [0, 0.05) is 16.8 Å². The van der Waals surface area contributed by atoms with Gasteiger partial charge in [-0.15, -0.1) is 0 Å². The summed E-state index contributed by atoms with van der Waals surface area (Å²) in [4.78, 5) is 0. The molecule has 3 aromatic carbocycles. The molecule has 160 valence electrons. The van der Waals surface area contributed by atoms with Gasteiger partial charge >= 0.3 is 0 Å². The maximum atomic E-state index is 2.58. The zero-order valence-corrected chi connectivity index (χ0v) is 21.4. The van der Waals surface area contributed by atoms with Gasteiger partial charge < -0.3 is 4.40 Å². The van der Waals surface area contributed by atoms with Gasteiger partial charge in [0.1, 0.15) is 7.05 Å². The number of aromatic nitrogens is 2. The number of hydrogen-bond donors (Lipinski definition) is 0. The van der Waals surface area contributed by atoms with E-state index in [2.05, 4.69) is 106 Å². The van der Waals surface area contributed by atoms with Gasteiger partial charge in [-0.1, -0.05) is 37.0 Å². The minimum absolute atomic E-state index is 1.33. The lowest BCUT2D eigenvalue weighted by Gasteiger charge is -2.20. The first kappa shape index (κ1) is 19.7. The first-order valence-corrected chi connectivity index (χ1v) is 15.1. The number of pyridine rings is 2. The summed E-state index contributed by atoms with van der Waals surface area (Å²) in [5.74, 6) is 0. The Balaban J connectivity index is 2.09. The lowest BCUT2D eigenvalue weighted by Crippen LogP contribution is -2.38. The van der Waals surface area contributed by atoms with E-state index in [4.69, 9.17) is 0 Å². The Kier molecular flexibility index (Phi) is 3.77. The molecule has 0 unspecified atom stereocenters. The van der Waals surface area contributed by atoms with Gasteiger partial charge in [0.05, 0.1) is 35.4 Å². The molecular weight excluding hydrogens is 404 g/mol. The van der Waals surface area contributed by atoms with Crippen LogP contribution in [0, 0.1) is 27.7 Å². The standard InChI is InChI=1S/C29H31N2Si/c1-16-9-10-23-25(18(16)3)22-13-17(2)19(4)26-28(22)31(23)24-15-21(32(6,7)8)14-20-11-12-30(5)29(26)27(20)24/h9-15H,1-8H3/q+1. The molecule has 0 aliphatic carbocycles. The van der Waals surface area contributed by atoms with Gasteiger partial charge in [0.15, 0.2) is 6.20 Å². The molecular formula is C29H31N2Si+. The number of nitrogens with zero attached hydrogens (tertiary/aromatic N) is 2. The number of hydrogen-bond acceptors (Lipinski definition) is 0. The minimum atomic E-state index is -1.49. The van der Waals surface area contributed by atoms with Gasteiger partial charge in [-0.05, 0) is 73.5 Å². The highest BCUT2D eigenvalue weighted by atomic mass is 28.3. The molecule has 0 saturated heterocycles. The third-order valence-electron chi connectivity index (χ3n) is 7.83. The van der Waals surface area contributed by atoms with E-state index >= 15 is 0 Å². The molecule has 32 heavy (non-hydrogen) atoms. The average Bonchev–Trinajstić information content (AvgIpc) is 3.06. The lowest BCUT2D eigenvalue weighted by atomic mass is 9.95. The second-order valence-corrected chi connectivity index (χ2v) is 15.9. The molecule has 0 radical (unpaired) electrons. The summed E-state index contributed by atoms with van der Waals surface area (Å²) >= 11 is 0. The van der Waals surface area contributed by atoms with Crippen LogP contribution in [0.25, 0.3) is 49.0 Å². The predicted octanol–water partition coefficient (Wildman–Crippen LogP) is 6.59. The third-order valence-corrected chi connectivity index (χ3v) is 9.85. The van der Waals surface area contributed by atoms with Crippen molar-refractivity contribution in [2.75, 3.05) is 0 Å². The SMILES string of the molecule is Cc1ccc2c(c1C)c1cc(C)c(C)c3c1n2c1cc([Si](C)(C)C)cc2cc[n+](C)c3c21.